The minimum atomic E-state index is 0.805. The summed E-state index contributed by atoms with van der Waals surface area (Å²) in [7, 11) is 0. The third-order valence-electron chi connectivity index (χ3n) is 2.45. The summed E-state index contributed by atoms with van der Waals surface area (Å²) >= 11 is 4.23. The molecule has 0 saturated heterocycles. The number of hydrogen-bond donors (Lipinski definition) is 1. The molecule has 76 valence electrons. The molecule has 0 bridgehead atoms. The molecule has 1 aliphatic carbocycles. The predicted octanol–water partition coefficient (Wildman–Crippen LogP) is 4.02. The minimum Gasteiger partial charge on any atom is -0.175 e. The lowest BCUT2D eigenvalue weighted by molar-refractivity contribution is 1.34. The van der Waals surface area contributed by atoms with Gasteiger partial charge < -0.3 is 0 Å². The second kappa shape index (κ2) is 5.04. The molecule has 0 unspecified atom stereocenters. The van der Waals surface area contributed by atoms with Crippen LogP contribution < -0.4 is 0 Å². The van der Waals surface area contributed by atoms with Crippen molar-refractivity contribution in [1.82, 2.24) is 0 Å². The van der Waals surface area contributed by atoms with Gasteiger partial charge in [0.05, 0.1) is 0 Å². The zero-order chi connectivity index (χ0) is 10.5. The molecular formula is C14H14S. The fourth-order valence-corrected chi connectivity index (χ4v) is 1.74. The maximum Gasteiger partial charge on any atom is 0.0154 e. The number of hydrogen-bond acceptors (Lipinski definition) is 1. The van der Waals surface area contributed by atoms with Gasteiger partial charge in [-0.15, -0.1) is 0 Å². The summed E-state index contributed by atoms with van der Waals surface area (Å²) in [6, 6.07) is 8.50. The summed E-state index contributed by atoms with van der Waals surface area (Å²) in [5.41, 5.74) is 3.87. The van der Waals surface area contributed by atoms with Gasteiger partial charge in [0.1, 0.15) is 0 Å². The van der Waals surface area contributed by atoms with E-state index >= 15 is 0 Å². The third-order valence-corrected chi connectivity index (χ3v) is 2.82. The molecule has 0 saturated carbocycles. The molecule has 1 aliphatic rings. The standard InChI is InChI=1S/C14H14S/c15-11-14-9-7-13(8-10-14)6-5-12-3-1-2-4-12/h1-3,5-10,15H,4,11H2/b6-5+. The first-order valence-corrected chi connectivity index (χ1v) is 5.75. The van der Waals surface area contributed by atoms with Crippen molar-refractivity contribution in [2.24, 2.45) is 0 Å². The molecule has 0 aromatic heterocycles. The maximum atomic E-state index is 4.23. The Morgan fingerprint density at radius 1 is 1.13 bits per heavy atom. The van der Waals surface area contributed by atoms with E-state index in [0.717, 1.165) is 12.2 Å². The number of benzene rings is 1. The fraction of sp³-hybridized carbons (Fsp3) is 0.143. The van der Waals surface area contributed by atoms with Crippen molar-refractivity contribution in [2.45, 2.75) is 12.2 Å². The van der Waals surface area contributed by atoms with Crippen molar-refractivity contribution >= 4 is 18.7 Å². The van der Waals surface area contributed by atoms with Crippen molar-refractivity contribution in [1.29, 1.82) is 0 Å². The summed E-state index contributed by atoms with van der Waals surface area (Å²) in [4.78, 5) is 0. The van der Waals surface area contributed by atoms with Gasteiger partial charge in [0, 0.05) is 5.75 Å². The molecule has 0 aliphatic heterocycles. The summed E-state index contributed by atoms with van der Waals surface area (Å²) in [6.07, 6.45) is 11.8. The first-order valence-electron chi connectivity index (χ1n) is 5.12. The third kappa shape index (κ3) is 2.87. The molecule has 0 radical (unpaired) electrons. The topological polar surface area (TPSA) is 0 Å². The molecule has 0 N–H and O–H groups in total. The van der Waals surface area contributed by atoms with Crippen LogP contribution in [0.4, 0.5) is 0 Å². The van der Waals surface area contributed by atoms with Crippen molar-refractivity contribution in [3.05, 3.63) is 65.3 Å². The summed E-state index contributed by atoms with van der Waals surface area (Å²) in [5, 5.41) is 0. The van der Waals surface area contributed by atoms with Gasteiger partial charge in [-0.3, -0.25) is 0 Å². The number of thiol groups is 1. The van der Waals surface area contributed by atoms with Crippen LogP contribution in [0, 0.1) is 0 Å². The van der Waals surface area contributed by atoms with Gasteiger partial charge in [-0.1, -0.05) is 54.6 Å². The molecule has 0 fully saturated rings. The fourth-order valence-electron chi connectivity index (χ4n) is 1.52. The first-order chi connectivity index (χ1) is 7.38. The normalized spacial score (nSPS) is 14.9. The van der Waals surface area contributed by atoms with E-state index in [-0.39, 0.29) is 0 Å². The molecule has 0 amide bonds. The van der Waals surface area contributed by atoms with E-state index in [1.807, 2.05) is 0 Å². The molecule has 1 heteroatoms. The van der Waals surface area contributed by atoms with Gasteiger partial charge >= 0.3 is 0 Å². The van der Waals surface area contributed by atoms with Crippen LogP contribution in [0.5, 0.6) is 0 Å². The van der Waals surface area contributed by atoms with E-state index in [1.165, 1.54) is 16.7 Å². The minimum absolute atomic E-state index is 0.805. The van der Waals surface area contributed by atoms with Crippen molar-refractivity contribution in [3.63, 3.8) is 0 Å². The van der Waals surface area contributed by atoms with Crippen molar-refractivity contribution in [2.75, 3.05) is 0 Å². The highest BCUT2D eigenvalue weighted by molar-refractivity contribution is 7.79. The molecule has 0 atom stereocenters. The number of rotatable bonds is 3. The van der Waals surface area contributed by atoms with Crippen LogP contribution >= 0.6 is 12.6 Å². The molecule has 0 nitrogen and oxygen atoms in total. The monoisotopic (exact) mass is 214 g/mol. The van der Waals surface area contributed by atoms with E-state index in [9.17, 15) is 0 Å². The molecule has 0 spiro atoms. The molecular weight excluding hydrogens is 200 g/mol. The molecule has 2 rings (SSSR count). The molecule has 1 aromatic carbocycles. The lowest BCUT2D eigenvalue weighted by Gasteiger charge is -1.97. The van der Waals surface area contributed by atoms with E-state index < -0.39 is 0 Å². The highest BCUT2D eigenvalue weighted by Gasteiger charge is 1.94. The lowest BCUT2D eigenvalue weighted by atomic mass is 10.1. The van der Waals surface area contributed by atoms with Crippen LogP contribution in [0.3, 0.4) is 0 Å². The maximum absolute atomic E-state index is 4.23. The van der Waals surface area contributed by atoms with Gasteiger partial charge in [0.15, 0.2) is 0 Å². The van der Waals surface area contributed by atoms with Gasteiger partial charge in [-0.05, 0) is 23.1 Å². The van der Waals surface area contributed by atoms with Crippen LogP contribution in [0.1, 0.15) is 17.5 Å². The highest BCUT2D eigenvalue weighted by Crippen LogP contribution is 2.14. The summed E-state index contributed by atoms with van der Waals surface area (Å²) in [5.74, 6) is 0.805. The van der Waals surface area contributed by atoms with Gasteiger partial charge in [-0.2, -0.15) is 12.6 Å². The van der Waals surface area contributed by atoms with Crippen LogP contribution in [-0.2, 0) is 5.75 Å². The van der Waals surface area contributed by atoms with E-state index in [2.05, 4.69) is 67.3 Å². The quantitative estimate of drug-likeness (QED) is 0.722. The Bertz CT molecular complexity index is 407. The first kappa shape index (κ1) is 10.3. The van der Waals surface area contributed by atoms with Crippen LogP contribution in [0.25, 0.3) is 6.08 Å². The zero-order valence-corrected chi connectivity index (χ0v) is 9.45. The van der Waals surface area contributed by atoms with Gasteiger partial charge in [-0.25, -0.2) is 0 Å². The molecule has 15 heavy (non-hydrogen) atoms. The second-order valence-corrected chi connectivity index (χ2v) is 3.92. The van der Waals surface area contributed by atoms with Gasteiger partial charge in [0.25, 0.3) is 0 Å². The Morgan fingerprint density at radius 3 is 2.53 bits per heavy atom. The predicted molar refractivity (Wildman–Crippen MR) is 70.0 cm³/mol. The van der Waals surface area contributed by atoms with Crippen molar-refractivity contribution < 1.29 is 0 Å². The summed E-state index contributed by atoms with van der Waals surface area (Å²) < 4.78 is 0. The Labute approximate surface area is 96.4 Å². The average molecular weight is 214 g/mol. The van der Waals surface area contributed by atoms with E-state index in [0.29, 0.717) is 0 Å². The second-order valence-electron chi connectivity index (χ2n) is 3.61. The van der Waals surface area contributed by atoms with Crippen LogP contribution in [-0.4, -0.2) is 0 Å². The van der Waals surface area contributed by atoms with Crippen LogP contribution in [0.2, 0.25) is 0 Å². The Hall–Kier alpha value is -1.21. The lowest BCUT2D eigenvalue weighted by Crippen LogP contribution is -1.78. The Balaban J connectivity index is 2.04. The largest absolute Gasteiger partial charge is 0.175 e. The Morgan fingerprint density at radius 2 is 1.93 bits per heavy atom. The van der Waals surface area contributed by atoms with Crippen molar-refractivity contribution in [3.8, 4) is 0 Å². The molecule has 1 aromatic rings. The van der Waals surface area contributed by atoms with Gasteiger partial charge in [0.2, 0.25) is 0 Å². The molecule has 0 heterocycles. The average Bonchev–Trinajstić information content (AvgIpc) is 2.80. The highest BCUT2D eigenvalue weighted by atomic mass is 32.1. The van der Waals surface area contributed by atoms with E-state index in [4.69, 9.17) is 0 Å². The zero-order valence-electron chi connectivity index (χ0n) is 8.56. The van der Waals surface area contributed by atoms with E-state index in [1.54, 1.807) is 0 Å². The Kier molecular flexibility index (Phi) is 3.46. The SMILES string of the molecule is SCc1ccc(/C=C/C2=CC=CC2)cc1. The summed E-state index contributed by atoms with van der Waals surface area (Å²) in [6.45, 7) is 0. The number of allylic oxidation sites excluding steroid dienone is 5. The smallest absolute Gasteiger partial charge is 0.0154 e. The van der Waals surface area contributed by atoms with Crippen LogP contribution in [0.15, 0.2) is 54.1 Å².